The van der Waals surface area contributed by atoms with E-state index in [2.05, 4.69) is 62.4 Å². The number of hydrogen-bond donors (Lipinski definition) is 0. The Balaban J connectivity index is 1.83. The van der Waals surface area contributed by atoms with E-state index in [4.69, 9.17) is 4.42 Å². The third kappa shape index (κ3) is 2.53. The van der Waals surface area contributed by atoms with Gasteiger partial charge >= 0.3 is 0 Å². The molecule has 114 valence electrons. The quantitative estimate of drug-likeness (QED) is 0.568. The van der Waals surface area contributed by atoms with Crippen molar-refractivity contribution in [2.45, 2.75) is 27.2 Å². The van der Waals surface area contributed by atoms with Crippen molar-refractivity contribution >= 4 is 11.6 Å². The van der Waals surface area contributed by atoms with Crippen molar-refractivity contribution < 1.29 is 4.42 Å². The molecule has 0 unspecified atom stereocenters. The summed E-state index contributed by atoms with van der Waals surface area (Å²) in [4.78, 5) is 0. The van der Waals surface area contributed by atoms with Crippen LogP contribution in [0.1, 0.15) is 33.8 Å². The summed E-state index contributed by atoms with van der Waals surface area (Å²) in [7, 11) is 0. The lowest BCUT2D eigenvalue weighted by atomic mass is 9.95. The lowest BCUT2D eigenvalue weighted by Gasteiger charge is -2.10. The summed E-state index contributed by atoms with van der Waals surface area (Å²) in [5.74, 6) is 1.96. The van der Waals surface area contributed by atoms with Crippen LogP contribution >= 0.6 is 0 Å². The van der Waals surface area contributed by atoms with Gasteiger partial charge in [0.05, 0.1) is 0 Å². The van der Waals surface area contributed by atoms with Gasteiger partial charge in [0.25, 0.3) is 0 Å². The number of allylic oxidation sites excluding steroid dienone is 1. The van der Waals surface area contributed by atoms with Gasteiger partial charge in [-0.1, -0.05) is 47.5 Å². The van der Waals surface area contributed by atoms with Crippen LogP contribution < -0.4 is 0 Å². The molecule has 1 heterocycles. The minimum absolute atomic E-state index is 0.945. The maximum atomic E-state index is 5.81. The van der Waals surface area contributed by atoms with Crippen LogP contribution in [0.25, 0.3) is 22.8 Å². The van der Waals surface area contributed by atoms with E-state index in [9.17, 15) is 0 Å². The molecule has 1 aromatic heterocycles. The lowest BCUT2D eigenvalue weighted by Crippen LogP contribution is -1.89. The molecule has 0 saturated heterocycles. The van der Waals surface area contributed by atoms with Crippen LogP contribution in [0.5, 0.6) is 0 Å². The maximum absolute atomic E-state index is 5.81. The predicted octanol–water partition coefficient (Wildman–Crippen LogP) is 5.97. The summed E-state index contributed by atoms with van der Waals surface area (Å²) in [5, 5.41) is 0. The fraction of sp³-hybridized carbons (Fsp3) is 0.182. The summed E-state index contributed by atoms with van der Waals surface area (Å²) < 4.78 is 5.81. The minimum Gasteiger partial charge on any atom is -0.462 e. The van der Waals surface area contributed by atoms with Crippen molar-refractivity contribution in [2.75, 3.05) is 0 Å². The van der Waals surface area contributed by atoms with Crippen molar-refractivity contribution in [1.29, 1.82) is 0 Å². The highest BCUT2D eigenvalue weighted by atomic mass is 16.3. The molecule has 1 nitrogen and oxygen atoms in total. The van der Waals surface area contributed by atoms with Crippen molar-refractivity contribution in [3.63, 3.8) is 0 Å². The number of hydrogen-bond acceptors (Lipinski definition) is 1. The number of fused-ring (bicyclic) bond motifs is 1. The Morgan fingerprint density at radius 1 is 0.870 bits per heavy atom. The molecule has 1 heteroatoms. The molecule has 3 aromatic rings. The van der Waals surface area contributed by atoms with Crippen molar-refractivity contribution in [3.05, 3.63) is 82.3 Å². The zero-order valence-electron chi connectivity index (χ0n) is 13.8. The Labute approximate surface area is 137 Å². The molecule has 1 aliphatic rings. The van der Waals surface area contributed by atoms with E-state index in [1.807, 2.05) is 13.0 Å². The average Bonchev–Trinajstić information content (AvgIpc) is 3.11. The molecule has 0 aliphatic heterocycles. The maximum Gasteiger partial charge on any atom is 0.130 e. The Hall–Kier alpha value is -2.54. The zero-order valence-corrected chi connectivity index (χ0v) is 13.8. The largest absolute Gasteiger partial charge is 0.462 e. The van der Waals surface area contributed by atoms with Gasteiger partial charge in [-0.05, 0) is 66.8 Å². The highest BCUT2D eigenvalue weighted by Gasteiger charge is 2.19. The molecule has 0 spiro atoms. The SMILES string of the molecule is Cc1cc(C)cc(-c2cccc3c2C=C(c2ccc(C)o2)C3)c1. The fourth-order valence-electron chi connectivity index (χ4n) is 3.52. The molecule has 23 heavy (non-hydrogen) atoms. The highest BCUT2D eigenvalue weighted by molar-refractivity contribution is 5.93. The Morgan fingerprint density at radius 3 is 2.35 bits per heavy atom. The van der Waals surface area contributed by atoms with E-state index in [1.165, 1.54) is 39.0 Å². The molecule has 2 aromatic carbocycles. The topological polar surface area (TPSA) is 13.1 Å². The first-order valence-corrected chi connectivity index (χ1v) is 8.08. The molecule has 0 amide bonds. The molecule has 0 radical (unpaired) electrons. The number of rotatable bonds is 2. The molecular formula is C22H20O. The van der Waals surface area contributed by atoms with Crippen molar-refractivity contribution in [2.24, 2.45) is 0 Å². The van der Waals surface area contributed by atoms with E-state index < -0.39 is 0 Å². The third-order valence-electron chi connectivity index (χ3n) is 4.49. The predicted molar refractivity (Wildman–Crippen MR) is 96.4 cm³/mol. The zero-order chi connectivity index (χ0) is 16.0. The second-order valence-corrected chi connectivity index (χ2v) is 6.51. The second-order valence-electron chi connectivity index (χ2n) is 6.51. The van der Waals surface area contributed by atoms with Gasteiger partial charge in [0, 0.05) is 6.42 Å². The standard InChI is InChI=1S/C22H20O/c1-14-9-15(2)11-18(10-14)20-6-4-5-17-12-19(13-21(17)20)22-8-7-16(3)23-22/h4-11,13H,12H2,1-3H3. The van der Waals surface area contributed by atoms with Gasteiger partial charge in [0.1, 0.15) is 11.5 Å². The van der Waals surface area contributed by atoms with Gasteiger partial charge in [-0.25, -0.2) is 0 Å². The van der Waals surface area contributed by atoms with Gasteiger partial charge in [0.2, 0.25) is 0 Å². The molecular weight excluding hydrogens is 280 g/mol. The molecule has 4 rings (SSSR count). The fourth-order valence-corrected chi connectivity index (χ4v) is 3.52. The summed E-state index contributed by atoms with van der Waals surface area (Å²) in [6, 6.07) is 17.5. The smallest absolute Gasteiger partial charge is 0.130 e. The van der Waals surface area contributed by atoms with Crippen LogP contribution in [-0.4, -0.2) is 0 Å². The lowest BCUT2D eigenvalue weighted by molar-refractivity contribution is 0.521. The summed E-state index contributed by atoms with van der Waals surface area (Å²) in [5.41, 5.74) is 9.21. The molecule has 0 N–H and O–H groups in total. The first-order chi connectivity index (χ1) is 11.1. The first kappa shape index (κ1) is 14.1. The van der Waals surface area contributed by atoms with E-state index in [-0.39, 0.29) is 0 Å². The highest BCUT2D eigenvalue weighted by Crippen LogP contribution is 2.38. The van der Waals surface area contributed by atoms with Gasteiger partial charge in [-0.15, -0.1) is 0 Å². The monoisotopic (exact) mass is 300 g/mol. The van der Waals surface area contributed by atoms with Crippen LogP contribution in [-0.2, 0) is 6.42 Å². The molecule has 1 aliphatic carbocycles. The van der Waals surface area contributed by atoms with E-state index in [0.29, 0.717) is 0 Å². The van der Waals surface area contributed by atoms with Gasteiger partial charge in [-0.2, -0.15) is 0 Å². The normalized spacial score (nSPS) is 13.1. The summed E-state index contributed by atoms with van der Waals surface area (Å²) >= 11 is 0. The first-order valence-electron chi connectivity index (χ1n) is 8.08. The van der Waals surface area contributed by atoms with Crippen LogP contribution in [0.4, 0.5) is 0 Å². The molecule has 0 fully saturated rings. The van der Waals surface area contributed by atoms with Crippen LogP contribution in [0, 0.1) is 20.8 Å². The van der Waals surface area contributed by atoms with E-state index >= 15 is 0 Å². The number of benzene rings is 2. The number of furan rings is 1. The average molecular weight is 300 g/mol. The summed E-state index contributed by atoms with van der Waals surface area (Å²) in [6.07, 6.45) is 3.24. The Bertz CT molecular complexity index is 905. The van der Waals surface area contributed by atoms with Crippen LogP contribution in [0.2, 0.25) is 0 Å². The van der Waals surface area contributed by atoms with Crippen molar-refractivity contribution in [3.8, 4) is 11.1 Å². The van der Waals surface area contributed by atoms with Crippen LogP contribution in [0.3, 0.4) is 0 Å². The molecule has 0 saturated carbocycles. The third-order valence-corrected chi connectivity index (χ3v) is 4.49. The summed E-state index contributed by atoms with van der Waals surface area (Å²) in [6.45, 7) is 6.31. The minimum atomic E-state index is 0.945. The van der Waals surface area contributed by atoms with Gasteiger partial charge in [-0.3, -0.25) is 0 Å². The number of aryl methyl sites for hydroxylation is 3. The van der Waals surface area contributed by atoms with E-state index in [1.54, 1.807) is 0 Å². The molecule has 0 bridgehead atoms. The van der Waals surface area contributed by atoms with Crippen molar-refractivity contribution in [1.82, 2.24) is 0 Å². The second kappa shape index (κ2) is 5.27. The van der Waals surface area contributed by atoms with Gasteiger partial charge in [0.15, 0.2) is 0 Å². The Morgan fingerprint density at radius 2 is 1.65 bits per heavy atom. The Kier molecular flexibility index (Phi) is 3.23. The van der Waals surface area contributed by atoms with Gasteiger partial charge < -0.3 is 4.42 Å². The van der Waals surface area contributed by atoms with Crippen LogP contribution in [0.15, 0.2) is 52.9 Å². The van der Waals surface area contributed by atoms with E-state index in [0.717, 1.165) is 17.9 Å². The molecule has 0 atom stereocenters.